The maximum atomic E-state index is 12.6. The molecule has 0 atom stereocenters. The van der Waals surface area contributed by atoms with Crippen molar-refractivity contribution in [3.05, 3.63) is 29.8 Å². The number of nitrogens with zero attached hydrogens (tertiary/aromatic N) is 1. The van der Waals surface area contributed by atoms with Crippen molar-refractivity contribution in [2.45, 2.75) is 13.3 Å². The van der Waals surface area contributed by atoms with Crippen LogP contribution in [0.4, 0.5) is 4.39 Å². The predicted molar refractivity (Wildman–Crippen MR) is 44.5 cm³/mol. The van der Waals surface area contributed by atoms with Crippen molar-refractivity contribution in [3.8, 4) is 0 Å². The molecule has 0 amide bonds. The van der Waals surface area contributed by atoms with Crippen molar-refractivity contribution in [2.75, 3.05) is 6.61 Å². The molecule has 70 valence electrons. The van der Waals surface area contributed by atoms with Crippen molar-refractivity contribution >= 4 is 5.97 Å². The summed E-state index contributed by atoms with van der Waals surface area (Å²) in [5.74, 6) is -0.809. The van der Waals surface area contributed by atoms with E-state index in [0.29, 0.717) is 12.2 Å². The number of halogens is 1. The summed E-state index contributed by atoms with van der Waals surface area (Å²) in [6.07, 6.45) is 2.60. The van der Waals surface area contributed by atoms with Gasteiger partial charge in [-0.15, -0.1) is 0 Å². The summed E-state index contributed by atoms with van der Waals surface area (Å²) < 4.78 is 17.3. The van der Waals surface area contributed by atoms with Crippen LogP contribution in [0.2, 0.25) is 0 Å². The Morgan fingerprint density at radius 2 is 2.38 bits per heavy atom. The van der Waals surface area contributed by atoms with Crippen LogP contribution in [0.5, 0.6) is 0 Å². The second-order valence-electron chi connectivity index (χ2n) is 2.49. The van der Waals surface area contributed by atoms with Gasteiger partial charge in [0.25, 0.3) is 0 Å². The van der Waals surface area contributed by atoms with Gasteiger partial charge in [-0.1, -0.05) is 0 Å². The van der Waals surface area contributed by atoms with Crippen LogP contribution in [0.1, 0.15) is 12.5 Å². The fourth-order valence-electron chi connectivity index (χ4n) is 0.931. The van der Waals surface area contributed by atoms with Gasteiger partial charge >= 0.3 is 5.97 Å². The average Bonchev–Trinajstić information content (AvgIpc) is 2.04. The molecule has 0 radical (unpaired) electrons. The van der Waals surface area contributed by atoms with Crippen molar-refractivity contribution in [2.24, 2.45) is 0 Å². The molecule has 0 spiro atoms. The molecule has 0 fully saturated rings. The topological polar surface area (TPSA) is 39.2 Å². The Bertz CT molecular complexity index is 301. The van der Waals surface area contributed by atoms with Crippen LogP contribution >= 0.6 is 0 Å². The fourth-order valence-corrected chi connectivity index (χ4v) is 0.931. The van der Waals surface area contributed by atoms with Gasteiger partial charge in [0.15, 0.2) is 0 Å². The van der Waals surface area contributed by atoms with E-state index in [1.54, 1.807) is 6.92 Å². The van der Waals surface area contributed by atoms with E-state index in [1.165, 1.54) is 12.3 Å². The molecule has 1 rings (SSSR count). The molecule has 1 heterocycles. The SMILES string of the molecule is CCOC(=O)Cc1cncc(F)c1. The summed E-state index contributed by atoms with van der Waals surface area (Å²) >= 11 is 0. The maximum absolute atomic E-state index is 12.6. The third-order valence-electron chi connectivity index (χ3n) is 1.42. The van der Waals surface area contributed by atoms with E-state index in [-0.39, 0.29) is 12.4 Å². The number of rotatable bonds is 3. The summed E-state index contributed by atoms with van der Waals surface area (Å²) in [5, 5.41) is 0. The predicted octanol–water partition coefficient (Wildman–Crippen LogP) is 1.33. The van der Waals surface area contributed by atoms with Crippen LogP contribution in [0.15, 0.2) is 18.5 Å². The first-order valence-electron chi connectivity index (χ1n) is 3.97. The molecular formula is C9H10FNO2. The van der Waals surface area contributed by atoms with Crippen LogP contribution in [-0.2, 0) is 16.0 Å². The Morgan fingerprint density at radius 3 is 3.00 bits per heavy atom. The third kappa shape index (κ3) is 3.19. The van der Waals surface area contributed by atoms with E-state index >= 15 is 0 Å². The highest BCUT2D eigenvalue weighted by Gasteiger charge is 2.04. The van der Waals surface area contributed by atoms with Crippen molar-refractivity contribution in [1.82, 2.24) is 4.98 Å². The quantitative estimate of drug-likeness (QED) is 0.663. The number of aromatic nitrogens is 1. The number of carbonyl (C=O) groups is 1. The minimum absolute atomic E-state index is 0.0681. The number of esters is 1. The zero-order valence-electron chi connectivity index (χ0n) is 7.29. The average molecular weight is 183 g/mol. The molecule has 0 aliphatic carbocycles. The number of pyridine rings is 1. The molecule has 0 aliphatic heterocycles. The minimum atomic E-state index is -0.443. The summed E-state index contributed by atoms with van der Waals surface area (Å²) in [7, 11) is 0. The molecule has 13 heavy (non-hydrogen) atoms. The van der Waals surface area contributed by atoms with E-state index in [2.05, 4.69) is 4.98 Å². The lowest BCUT2D eigenvalue weighted by molar-refractivity contribution is -0.142. The van der Waals surface area contributed by atoms with Crippen molar-refractivity contribution < 1.29 is 13.9 Å². The molecule has 0 aliphatic rings. The highest BCUT2D eigenvalue weighted by molar-refractivity contribution is 5.72. The third-order valence-corrected chi connectivity index (χ3v) is 1.42. The van der Waals surface area contributed by atoms with E-state index in [1.807, 2.05) is 0 Å². The molecule has 1 aromatic heterocycles. The maximum Gasteiger partial charge on any atom is 0.310 e. The lowest BCUT2D eigenvalue weighted by atomic mass is 10.2. The summed E-state index contributed by atoms with van der Waals surface area (Å²) in [5.41, 5.74) is 0.526. The number of carbonyl (C=O) groups excluding carboxylic acids is 1. The van der Waals surface area contributed by atoms with Gasteiger partial charge in [0, 0.05) is 6.20 Å². The second-order valence-corrected chi connectivity index (χ2v) is 2.49. The molecule has 3 nitrogen and oxygen atoms in total. The summed E-state index contributed by atoms with van der Waals surface area (Å²) in [6, 6.07) is 1.27. The van der Waals surface area contributed by atoms with Gasteiger partial charge in [-0.2, -0.15) is 0 Å². The van der Waals surface area contributed by atoms with E-state index in [0.717, 1.165) is 6.20 Å². The number of ether oxygens (including phenoxy) is 1. The summed E-state index contributed by atoms with van der Waals surface area (Å²) in [6.45, 7) is 2.06. The fraction of sp³-hybridized carbons (Fsp3) is 0.333. The first kappa shape index (κ1) is 9.64. The Labute approximate surface area is 75.6 Å². The molecule has 0 N–H and O–H groups in total. The van der Waals surface area contributed by atoms with Gasteiger partial charge in [0.1, 0.15) is 5.82 Å². The Balaban J connectivity index is 2.58. The normalized spacial score (nSPS) is 9.69. The molecule has 0 bridgehead atoms. The zero-order valence-corrected chi connectivity index (χ0v) is 7.29. The van der Waals surface area contributed by atoms with Crippen LogP contribution < -0.4 is 0 Å². The monoisotopic (exact) mass is 183 g/mol. The molecule has 0 aromatic carbocycles. The molecule has 0 unspecified atom stereocenters. The highest BCUT2D eigenvalue weighted by atomic mass is 19.1. The first-order valence-corrected chi connectivity index (χ1v) is 3.97. The van der Waals surface area contributed by atoms with Crippen molar-refractivity contribution in [3.63, 3.8) is 0 Å². The van der Waals surface area contributed by atoms with Gasteiger partial charge in [-0.3, -0.25) is 9.78 Å². The van der Waals surface area contributed by atoms with E-state index in [9.17, 15) is 9.18 Å². The van der Waals surface area contributed by atoms with Crippen LogP contribution in [0, 0.1) is 5.82 Å². The van der Waals surface area contributed by atoms with E-state index < -0.39 is 5.82 Å². The Morgan fingerprint density at radius 1 is 1.62 bits per heavy atom. The summed E-state index contributed by atoms with van der Waals surface area (Å²) in [4.78, 5) is 14.6. The lowest BCUT2D eigenvalue weighted by Gasteiger charge is -2.00. The van der Waals surface area contributed by atoms with Crippen LogP contribution in [0.25, 0.3) is 0 Å². The minimum Gasteiger partial charge on any atom is -0.466 e. The second kappa shape index (κ2) is 4.54. The molecule has 0 saturated heterocycles. The van der Waals surface area contributed by atoms with Crippen LogP contribution in [0.3, 0.4) is 0 Å². The molecule has 4 heteroatoms. The first-order chi connectivity index (χ1) is 6.22. The number of hydrogen-bond acceptors (Lipinski definition) is 3. The molecule has 0 saturated carbocycles. The van der Waals surface area contributed by atoms with Gasteiger partial charge < -0.3 is 4.74 Å². The molecular weight excluding hydrogens is 173 g/mol. The van der Waals surface area contributed by atoms with E-state index in [4.69, 9.17) is 4.74 Å². The lowest BCUT2D eigenvalue weighted by Crippen LogP contribution is -2.07. The van der Waals surface area contributed by atoms with Gasteiger partial charge in [-0.25, -0.2) is 4.39 Å². The Hall–Kier alpha value is -1.45. The zero-order chi connectivity index (χ0) is 9.68. The van der Waals surface area contributed by atoms with Crippen molar-refractivity contribution in [1.29, 1.82) is 0 Å². The highest BCUT2D eigenvalue weighted by Crippen LogP contribution is 2.02. The largest absolute Gasteiger partial charge is 0.466 e. The van der Waals surface area contributed by atoms with Gasteiger partial charge in [0.05, 0.1) is 19.2 Å². The Kier molecular flexibility index (Phi) is 3.37. The standard InChI is InChI=1S/C9H10FNO2/c1-2-13-9(12)4-7-3-8(10)6-11-5-7/h3,5-6H,2,4H2,1H3. The van der Waals surface area contributed by atoms with Gasteiger partial charge in [-0.05, 0) is 18.6 Å². The smallest absolute Gasteiger partial charge is 0.310 e. The number of hydrogen-bond donors (Lipinski definition) is 0. The molecule has 1 aromatic rings. The van der Waals surface area contributed by atoms with Gasteiger partial charge in [0.2, 0.25) is 0 Å². The van der Waals surface area contributed by atoms with Crippen LogP contribution in [-0.4, -0.2) is 17.6 Å².